The van der Waals surface area contributed by atoms with Gasteiger partial charge in [-0.25, -0.2) is 4.98 Å². The highest BCUT2D eigenvalue weighted by Crippen LogP contribution is 2.25. The lowest BCUT2D eigenvalue weighted by atomic mass is 10.1. The average Bonchev–Trinajstić information content (AvgIpc) is 2.72. The van der Waals surface area contributed by atoms with E-state index in [1.54, 1.807) is 6.07 Å². The van der Waals surface area contributed by atoms with Gasteiger partial charge in [-0.1, -0.05) is 11.6 Å². The highest BCUT2D eigenvalue weighted by Gasteiger charge is 2.22. The maximum absolute atomic E-state index is 9.42. The summed E-state index contributed by atoms with van der Waals surface area (Å²) in [6.07, 6.45) is 2.57. The van der Waals surface area contributed by atoms with E-state index >= 15 is 0 Å². The molecule has 0 bridgehead atoms. The maximum atomic E-state index is 9.42. The van der Waals surface area contributed by atoms with E-state index in [0.717, 1.165) is 25.8 Å². The maximum Gasteiger partial charge on any atom is 0.132 e. The predicted molar refractivity (Wildman–Crippen MR) is 65.8 cm³/mol. The van der Waals surface area contributed by atoms with Gasteiger partial charge in [0.1, 0.15) is 11.0 Å². The summed E-state index contributed by atoms with van der Waals surface area (Å²) in [5.74, 6) is 1.09. The fourth-order valence-electron chi connectivity index (χ4n) is 2.13. The summed E-state index contributed by atoms with van der Waals surface area (Å²) in [6.45, 7) is 0.759. The van der Waals surface area contributed by atoms with Crippen molar-refractivity contribution < 1.29 is 5.11 Å². The number of aliphatic hydroxyl groups is 1. The Morgan fingerprint density at radius 3 is 3.00 bits per heavy atom. The Hall–Kier alpha value is -1.31. The lowest BCUT2D eigenvalue weighted by Gasteiger charge is -2.11. The van der Waals surface area contributed by atoms with Gasteiger partial charge in [-0.3, -0.25) is 0 Å². The number of nitrogens with zero attached hydrogens (tertiary/aromatic N) is 2. The van der Waals surface area contributed by atoms with E-state index in [-0.39, 0.29) is 6.10 Å². The summed E-state index contributed by atoms with van der Waals surface area (Å²) in [5, 5.41) is 21.7. The van der Waals surface area contributed by atoms with Crippen LogP contribution in [-0.4, -0.2) is 22.7 Å². The molecule has 0 spiro atoms. The molecule has 17 heavy (non-hydrogen) atoms. The minimum absolute atomic E-state index is 0.163. The summed E-state index contributed by atoms with van der Waals surface area (Å²) in [7, 11) is 0. The number of nitrogens with one attached hydrogen (secondary N) is 1. The van der Waals surface area contributed by atoms with Crippen LogP contribution in [0.4, 0.5) is 5.82 Å². The van der Waals surface area contributed by atoms with Crippen molar-refractivity contribution in [2.75, 3.05) is 11.9 Å². The number of nitriles is 1. The number of pyridine rings is 1. The first-order valence-electron chi connectivity index (χ1n) is 5.67. The van der Waals surface area contributed by atoms with Crippen LogP contribution >= 0.6 is 11.6 Å². The molecule has 2 atom stereocenters. The van der Waals surface area contributed by atoms with E-state index in [4.69, 9.17) is 16.9 Å². The first kappa shape index (κ1) is 12.2. The number of halogens is 1. The number of hydrogen-bond donors (Lipinski definition) is 2. The number of hydrogen-bond acceptors (Lipinski definition) is 4. The van der Waals surface area contributed by atoms with E-state index in [1.807, 2.05) is 6.07 Å². The molecule has 2 N–H and O–H groups in total. The molecule has 1 aliphatic carbocycles. The van der Waals surface area contributed by atoms with E-state index in [2.05, 4.69) is 10.3 Å². The minimum atomic E-state index is -0.163. The van der Waals surface area contributed by atoms with Crippen molar-refractivity contribution in [3.8, 4) is 6.07 Å². The Balaban J connectivity index is 1.95. The smallest absolute Gasteiger partial charge is 0.132 e. The van der Waals surface area contributed by atoms with Gasteiger partial charge in [-0.2, -0.15) is 5.26 Å². The van der Waals surface area contributed by atoms with Gasteiger partial charge >= 0.3 is 0 Å². The van der Waals surface area contributed by atoms with Gasteiger partial charge in [0.2, 0.25) is 0 Å². The third-order valence-corrected chi connectivity index (χ3v) is 3.20. The average molecular weight is 252 g/mol. The van der Waals surface area contributed by atoms with Crippen LogP contribution in [0.1, 0.15) is 24.8 Å². The second-order valence-electron chi connectivity index (χ2n) is 4.39. The molecule has 5 heteroatoms. The molecule has 2 rings (SSSR count). The van der Waals surface area contributed by atoms with E-state index in [1.165, 1.54) is 6.07 Å². The Morgan fingerprint density at radius 2 is 2.35 bits per heavy atom. The largest absolute Gasteiger partial charge is 0.393 e. The summed E-state index contributed by atoms with van der Waals surface area (Å²) in [4.78, 5) is 4.10. The van der Waals surface area contributed by atoms with Gasteiger partial charge in [-0.05, 0) is 37.3 Å². The molecule has 1 aromatic rings. The van der Waals surface area contributed by atoms with Crippen LogP contribution in [0.2, 0.25) is 5.15 Å². The third-order valence-electron chi connectivity index (χ3n) is 3.01. The fourth-order valence-corrected chi connectivity index (χ4v) is 2.34. The van der Waals surface area contributed by atoms with Crippen molar-refractivity contribution in [3.63, 3.8) is 0 Å². The van der Waals surface area contributed by atoms with Crippen LogP contribution in [0.15, 0.2) is 12.1 Å². The highest BCUT2D eigenvalue weighted by atomic mass is 35.5. The normalized spacial score (nSPS) is 23.4. The van der Waals surface area contributed by atoms with E-state index in [0.29, 0.717) is 22.5 Å². The number of aliphatic hydroxyl groups excluding tert-OH is 1. The van der Waals surface area contributed by atoms with Crippen molar-refractivity contribution in [1.29, 1.82) is 5.26 Å². The molecule has 1 aliphatic rings. The van der Waals surface area contributed by atoms with Gasteiger partial charge in [0, 0.05) is 6.54 Å². The minimum Gasteiger partial charge on any atom is -0.393 e. The van der Waals surface area contributed by atoms with Crippen molar-refractivity contribution in [2.24, 2.45) is 5.92 Å². The number of aromatic nitrogens is 1. The molecule has 4 nitrogen and oxygen atoms in total. The number of anilines is 1. The Bertz CT molecular complexity index is 444. The summed E-state index contributed by atoms with van der Waals surface area (Å²) >= 11 is 5.81. The molecular formula is C12H14ClN3O. The second-order valence-corrected chi connectivity index (χ2v) is 4.78. The van der Waals surface area contributed by atoms with Crippen LogP contribution in [0, 0.1) is 17.2 Å². The standard InChI is InChI=1S/C12H14ClN3O/c13-11-4-9(6-14)5-12(16-11)15-7-8-1-2-10(17)3-8/h4-5,8,10,17H,1-3,7H2,(H,15,16). The van der Waals surface area contributed by atoms with Crippen LogP contribution in [0.25, 0.3) is 0 Å². The monoisotopic (exact) mass is 251 g/mol. The first-order chi connectivity index (χ1) is 8.17. The van der Waals surface area contributed by atoms with Crippen LogP contribution in [0.3, 0.4) is 0 Å². The zero-order valence-electron chi connectivity index (χ0n) is 9.36. The molecule has 0 amide bonds. The first-order valence-corrected chi connectivity index (χ1v) is 6.05. The third kappa shape index (κ3) is 3.32. The van der Waals surface area contributed by atoms with Gasteiger partial charge in [0.05, 0.1) is 17.7 Å². The lowest BCUT2D eigenvalue weighted by Crippen LogP contribution is -2.13. The molecule has 1 fully saturated rings. The summed E-state index contributed by atoms with van der Waals surface area (Å²) in [6, 6.07) is 5.25. The van der Waals surface area contributed by atoms with E-state index < -0.39 is 0 Å². The molecule has 0 radical (unpaired) electrons. The van der Waals surface area contributed by atoms with Crippen molar-refractivity contribution in [3.05, 3.63) is 22.8 Å². The Morgan fingerprint density at radius 1 is 1.53 bits per heavy atom. The number of rotatable bonds is 3. The topological polar surface area (TPSA) is 68.9 Å². The van der Waals surface area contributed by atoms with Crippen LogP contribution < -0.4 is 5.32 Å². The zero-order chi connectivity index (χ0) is 12.3. The van der Waals surface area contributed by atoms with Gasteiger partial charge in [0.25, 0.3) is 0 Å². The Kier molecular flexibility index (Phi) is 3.82. The quantitative estimate of drug-likeness (QED) is 0.808. The second kappa shape index (κ2) is 5.35. The van der Waals surface area contributed by atoms with Gasteiger partial charge in [0.15, 0.2) is 0 Å². The van der Waals surface area contributed by atoms with Gasteiger partial charge in [-0.15, -0.1) is 0 Å². The molecule has 90 valence electrons. The predicted octanol–water partition coefficient (Wildman–Crippen LogP) is 2.18. The molecule has 0 aromatic carbocycles. The molecule has 0 aliphatic heterocycles. The summed E-state index contributed by atoms with van der Waals surface area (Å²) < 4.78 is 0. The SMILES string of the molecule is N#Cc1cc(Cl)nc(NCC2CCC(O)C2)c1. The molecule has 1 saturated carbocycles. The van der Waals surface area contributed by atoms with Crippen molar-refractivity contribution in [2.45, 2.75) is 25.4 Å². The van der Waals surface area contributed by atoms with Crippen molar-refractivity contribution >= 4 is 17.4 Å². The van der Waals surface area contributed by atoms with Crippen LogP contribution in [0.5, 0.6) is 0 Å². The molecule has 1 aromatic heterocycles. The molecule has 0 saturated heterocycles. The summed E-state index contributed by atoms with van der Waals surface area (Å²) in [5.41, 5.74) is 0.499. The molecule has 2 unspecified atom stereocenters. The Labute approximate surface area is 105 Å². The van der Waals surface area contributed by atoms with Crippen LogP contribution in [-0.2, 0) is 0 Å². The van der Waals surface area contributed by atoms with Crippen molar-refractivity contribution in [1.82, 2.24) is 4.98 Å². The lowest BCUT2D eigenvalue weighted by molar-refractivity contribution is 0.178. The van der Waals surface area contributed by atoms with E-state index in [9.17, 15) is 5.11 Å². The molecule has 1 heterocycles. The van der Waals surface area contributed by atoms with Gasteiger partial charge < -0.3 is 10.4 Å². The fraction of sp³-hybridized carbons (Fsp3) is 0.500. The highest BCUT2D eigenvalue weighted by molar-refractivity contribution is 6.29. The zero-order valence-corrected chi connectivity index (χ0v) is 10.1. The molecular weight excluding hydrogens is 238 g/mol.